The van der Waals surface area contributed by atoms with Gasteiger partial charge in [0, 0.05) is 30.0 Å². The Morgan fingerprint density at radius 3 is 2.54 bits per heavy atom. The van der Waals surface area contributed by atoms with Crippen molar-refractivity contribution in [1.29, 1.82) is 0 Å². The Labute approximate surface area is 154 Å². The number of ketones is 1. The lowest BCUT2D eigenvalue weighted by Crippen LogP contribution is -2.40. The summed E-state index contributed by atoms with van der Waals surface area (Å²) >= 11 is 0. The molecule has 1 aliphatic carbocycles. The third-order valence-corrected chi connectivity index (χ3v) is 4.90. The maximum absolute atomic E-state index is 12.8. The van der Waals surface area contributed by atoms with E-state index < -0.39 is 0 Å². The van der Waals surface area contributed by atoms with Crippen LogP contribution in [0.4, 0.5) is 0 Å². The van der Waals surface area contributed by atoms with Crippen molar-refractivity contribution in [2.45, 2.75) is 59.0 Å². The highest BCUT2D eigenvalue weighted by Gasteiger charge is 2.40. The topological polar surface area (TPSA) is 64.6 Å². The van der Waals surface area contributed by atoms with Gasteiger partial charge in [0.1, 0.15) is 0 Å². The maximum atomic E-state index is 12.8. The third-order valence-electron chi connectivity index (χ3n) is 4.90. The summed E-state index contributed by atoms with van der Waals surface area (Å²) in [6.45, 7) is 8.04. The molecular weight excluding hydrogens is 330 g/mol. The molecule has 140 valence electrons. The Balaban J connectivity index is 2.02. The first-order valence-electron chi connectivity index (χ1n) is 9.11. The minimum atomic E-state index is -0.232. The molecule has 2 aliphatic rings. The Morgan fingerprint density at radius 1 is 1.15 bits per heavy atom. The fourth-order valence-electron chi connectivity index (χ4n) is 3.89. The summed E-state index contributed by atoms with van der Waals surface area (Å²) < 4.78 is 11.2. The number of ether oxygens (including phenoxy) is 2. The number of amides is 1. The molecule has 0 saturated heterocycles. The zero-order chi connectivity index (χ0) is 19.1. The first-order valence-corrected chi connectivity index (χ1v) is 9.11. The zero-order valence-electron chi connectivity index (χ0n) is 16.1. The van der Waals surface area contributed by atoms with E-state index in [1.807, 2.05) is 32.0 Å². The molecule has 0 spiro atoms. The number of allylic oxidation sites excluding steroid dienone is 2. The van der Waals surface area contributed by atoms with Crippen LogP contribution in [0.15, 0.2) is 29.5 Å². The van der Waals surface area contributed by atoms with Crippen molar-refractivity contribution >= 4 is 11.7 Å². The highest BCUT2D eigenvalue weighted by atomic mass is 16.5. The summed E-state index contributed by atoms with van der Waals surface area (Å²) in [7, 11) is 1.60. The van der Waals surface area contributed by atoms with Crippen LogP contribution in [-0.2, 0) is 9.59 Å². The minimum Gasteiger partial charge on any atom is -0.493 e. The molecule has 1 heterocycles. The summed E-state index contributed by atoms with van der Waals surface area (Å²) in [5, 5.41) is 2.93. The highest BCUT2D eigenvalue weighted by molar-refractivity contribution is 6.02. The van der Waals surface area contributed by atoms with E-state index in [4.69, 9.17) is 9.47 Å². The van der Waals surface area contributed by atoms with Crippen molar-refractivity contribution in [2.75, 3.05) is 7.11 Å². The molecule has 1 aromatic rings. The molecule has 0 aromatic heterocycles. The number of Topliss-reactive ketones (excluding diaryl/α,β-unsaturated/α-hetero) is 1. The standard InChI is InChI=1S/C21H27NO4/c1-12(2)26-17-7-6-13(8-18(17)25-5)14-9-19(24)22-15-10-21(3,4)11-16(23)20(14)15/h6-8,12,14H,9-11H2,1-5H3,(H,22,24)/t14-/m1/s1. The lowest BCUT2D eigenvalue weighted by atomic mass is 9.70. The van der Waals surface area contributed by atoms with Gasteiger partial charge < -0.3 is 14.8 Å². The predicted molar refractivity (Wildman–Crippen MR) is 99.3 cm³/mol. The van der Waals surface area contributed by atoms with Crippen LogP contribution in [0.5, 0.6) is 11.5 Å². The summed E-state index contributed by atoms with van der Waals surface area (Å²) in [5.41, 5.74) is 2.32. The van der Waals surface area contributed by atoms with Crippen molar-refractivity contribution in [3.05, 3.63) is 35.0 Å². The van der Waals surface area contributed by atoms with Crippen molar-refractivity contribution in [3.63, 3.8) is 0 Å². The fraction of sp³-hybridized carbons (Fsp3) is 0.524. The first kappa shape index (κ1) is 18.5. The molecule has 5 heteroatoms. The number of nitrogens with one attached hydrogen (secondary N) is 1. The lowest BCUT2D eigenvalue weighted by molar-refractivity contribution is -0.122. The second-order valence-corrected chi connectivity index (χ2v) is 8.21. The minimum absolute atomic E-state index is 0.0340. The van der Waals surface area contributed by atoms with E-state index in [-0.39, 0.29) is 35.5 Å². The summed E-state index contributed by atoms with van der Waals surface area (Å²) in [4.78, 5) is 25.1. The van der Waals surface area contributed by atoms with Gasteiger partial charge in [-0.1, -0.05) is 19.9 Å². The second kappa shape index (κ2) is 6.78. The Hall–Kier alpha value is -2.30. The van der Waals surface area contributed by atoms with Gasteiger partial charge in [-0.15, -0.1) is 0 Å². The predicted octanol–water partition coefficient (Wildman–Crippen LogP) is 3.73. The van der Waals surface area contributed by atoms with Crippen LogP contribution in [0, 0.1) is 5.41 Å². The molecule has 0 fully saturated rings. The van der Waals surface area contributed by atoms with Gasteiger partial charge in [-0.25, -0.2) is 0 Å². The van der Waals surface area contributed by atoms with Crippen LogP contribution in [0.1, 0.15) is 58.4 Å². The molecule has 0 bridgehead atoms. The van der Waals surface area contributed by atoms with Crippen LogP contribution in [0.2, 0.25) is 0 Å². The van der Waals surface area contributed by atoms with Crippen LogP contribution in [0.25, 0.3) is 0 Å². The van der Waals surface area contributed by atoms with E-state index in [2.05, 4.69) is 19.2 Å². The molecule has 0 radical (unpaired) electrons. The highest BCUT2D eigenvalue weighted by Crippen LogP contribution is 2.45. The van der Waals surface area contributed by atoms with E-state index in [0.29, 0.717) is 24.3 Å². The summed E-state index contributed by atoms with van der Waals surface area (Å²) in [6.07, 6.45) is 1.52. The number of benzene rings is 1. The number of carbonyl (C=O) groups excluding carboxylic acids is 2. The van der Waals surface area contributed by atoms with Gasteiger partial charge in [0.25, 0.3) is 0 Å². The van der Waals surface area contributed by atoms with Gasteiger partial charge >= 0.3 is 0 Å². The monoisotopic (exact) mass is 357 g/mol. The van der Waals surface area contributed by atoms with Gasteiger partial charge in [-0.05, 0) is 43.4 Å². The Morgan fingerprint density at radius 2 is 1.88 bits per heavy atom. The molecule has 3 rings (SSSR count). The SMILES string of the molecule is COc1cc([C@H]2CC(=O)NC3=C2C(=O)CC(C)(C)C3)ccc1OC(C)C. The Bertz CT molecular complexity index is 776. The summed E-state index contributed by atoms with van der Waals surface area (Å²) in [5.74, 6) is 1.14. The number of hydrogen-bond acceptors (Lipinski definition) is 4. The molecule has 1 N–H and O–H groups in total. The molecule has 1 atom stereocenters. The van der Waals surface area contributed by atoms with Crippen molar-refractivity contribution in [3.8, 4) is 11.5 Å². The van der Waals surface area contributed by atoms with Gasteiger partial charge in [-0.3, -0.25) is 9.59 Å². The van der Waals surface area contributed by atoms with Crippen molar-refractivity contribution in [2.24, 2.45) is 5.41 Å². The molecule has 1 aromatic carbocycles. The third kappa shape index (κ3) is 3.62. The smallest absolute Gasteiger partial charge is 0.225 e. The quantitative estimate of drug-likeness (QED) is 0.892. The van der Waals surface area contributed by atoms with Gasteiger partial charge in [0.05, 0.1) is 13.2 Å². The molecule has 1 aliphatic heterocycles. The van der Waals surface area contributed by atoms with E-state index in [0.717, 1.165) is 16.8 Å². The maximum Gasteiger partial charge on any atom is 0.225 e. The van der Waals surface area contributed by atoms with E-state index in [1.54, 1.807) is 7.11 Å². The van der Waals surface area contributed by atoms with Crippen LogP contribution < -0.4 is 14.8 Å². The number of carbonyl (C=O) groups is 2. The van der Waals surface area contributed by atoms with Gasteiger partial charge in [-0.2, -0.15) is 0 Å². The average molecular weight is 357 g/mol. The molecule has 1 amide bonds. The first-order chi connectivity index (χ1) is 12.2. The molecule has 0 unspecified atom stereocenters. The van der Waals surface area contributed by atoms with Crippen LogP contribution >= 0.6 is 0 Å². The number of rotatable bonds is 4. The number of methoxy groups -OCH3 is 1. The lowest BCUT2D eigenvalue weighted by Gasteiger charge is -2.37. The van der Waals surface area contributed by atoms with Crippen LogP contribution in [0.3, 0.4) is 0 Å². The molecular formula is C21H27NO4. The molecule has 0 saturated carbocycles. The van der Waals surface area contributed by atoms with Gasteiger partial charge in [0.2, 0.25) is 5.91 Å². The zero-order valence-corrected chi connectivity index (χ0v) is 16.1. The van der Waals surface area contributed by atoms with Crippen LogP contribution in [-0.4, -0.2) is 24.9 Å². The van der Waals surface area contributed by atoms with E-state index in [9.17, 15) is 9.59 Å². The van der Waals surface area contributed by atoms with Crippen molar-refractivity contribution in [1.82, 2.24) is 5.32 Å². The average Bonchev–Trinajstić information content (AvgIpc) is 2.52. The van der Waals surface area contributed by atoms with Crippen molar-refractivity contribution < 1.29 is 19.1 Å². The number of hydrogen-bond donors (Lipinski definition) is 1. The normalized spacial score (nSPS) is 22.2. The summed E-state index contributed by atoms with van der Waals surface area (Å²) in [6, 6.07) is 5.68. The van der Waals surface area contributed by atoms with E-state index >= 15 is 0 Å². The van der Waals surface area contributed by atoms with E-state index in [1.165, 1.54) is 0 Å². The fourth-order valence-corrected chi connectivity index (χ4v) is 3.89. The Kier molecular flexibility index (Phi) is 4.82. The molecule has 5 nitrogen and oxygen atoms in total. The van der Waals surface area contributed by atoms with Gasteiger partial charge in [0.15, 0.2) is 17.3 Å². The largest absolute Gasteiger partial charge is 0.493 e. The molecule has 26 heavy (non-hydrogen) atoms. The second-order valence-electron chi connectivity index (χ2n) is 8.21.